The summed E-state index contributed by atoms with van der Waals surface area (Å²) in [6, 6.07) is 3.44. The number of aldehydes is 1. The number of hydrogen-bond donors (Lipinski definition) is 3. The molecule has 1 amide bonds. The third-order valence-corrected chi connectivity index (χ3v) is 4.81. The molecule has 4 rings (SSSR count). The van der Waals surface area contributed by atoms with E-state index in [1.54, 1.807) is 0 Å². The van der Waals surface area contributed by atoms with Crippen LogP contribution in [0.1, 0.15) is 11.3 Å². The Morgan fingerprint density at radius 3 is 2.66 bits per heavy atom. The third kappa shape index (κ3) is 5.10. The van der Waals surface area contributed by atoms with E-state index in [1.165, 1.54) is 30.7 Å². The number of benzene rings is 1. The number of alkyl halides is 3. The molecule has 0 bridgehead atoms. The van der Waals surface area contributed by atoms with E-state index in [4.69, 9.17) is 4.74 Å². The first-order valence-corrected chi connectivity index (χ1v) is 9.81. The van der Waals surface area contributed by atoms with Gasteiger partial charge < -0.3 is 24.5 Å². The fourth-order valence-electron chi connectivity index (χ4n) is 3.24. The van der Waals surface area contributed by atoms with Crippen LogP contribution in [-0.2, 0) is 27.1 Å². The number of nitrogens with zero attached hydrogens (tertiary/aromatic N) is 4. The van der Waals surface area contributed by atoms with Crippen molar-refractivity contribution in [2.45, 2.75) is 18.8 Å². The Hall–Kier alpha value is -4.75. The summed E-state index contributed by atoms with van der Waals surface area (Å²) >= 11 is 0. The monoisotopic (exact) mass is 488 g/mol. The van der Waals surface area contributed by atoms with E-state index in [0.717, 1.165) is 23.0 Å². The third-order valence-electron chi connectivity index (χ3n) is 4.81. The van der Waals surface area contributed by atoms with Crippen molar-refractivity contribution in [3.8, 4) is 5.69 Å². The molecule has 1 aliphatic rings. The Kier molecular flexibility index (Phi) is 6.18. The average molecular weight is 488 g/mol. The number of hydrogen-bond acceptors (Lipinski definition) is 8. The van der Waals surface area contributed by atoms with Crippen LogP contribution < -0.4 is 10.6 Å². The molecule has 0 radical (unpaired) electrons. The van der Waals surface area contributed by atoms with Gasteiger partial charge in [-0.15, -0.1) is 0 Å². The number of carbonyl (C=O) groups is 3. The molecule has 2 aromatic heterocycles. The van der Waals surface area contributed by atoms with E-state index in [9.17, 15) is 32.7 Å². The smallest absolute Gasteiger partial charge is 0.418 e. The maximum Gasteiger partial charge on any atom is 0.418 e. The van der Waals surface area contributed by atoms with Crippen molar-refractivity contribution in [2.24, 2.45) is 4.99 Å². The van der Waals surface area contributed by atoms with Crippen LogP contribution in [0.4, 0.5) is 35.0 Å². The number of pyridine rings is 1. The molecule has 3 N–H and O–H groups in total. The topological polar surface area (TPSA) is 148 Å². The number of fused-ring (bicyclic) bond motifs is 1. The quantitative estimate of drug-likeness (QED) is 0.448. The molecule has 1 atom stereocenters. The molecule has 0 saturated carbocycles. The molecular weight excluding hydrogens is 473 g/mol. The lowest BCUT2D eigenvalue weighted by Gasteiger charge is -2.24. The first-order chi connectivity index (χ1) is 16.7. The SMILES string of the molecule is O=CC1Nc2cc(C(F)(F)F)c(-n3cnc(COC(=O)Nc4ccncc4)c3)cc2N=C1C(=O)O. The fourth-order valence-corrected chi connectivity index (χ4v) is 3.24. The molecule has 0 fully saturated rings. The number of amides is 1. The number of imidazole rings is 1. The van der Waals surface area contributed by atoms with Crippen molar-refractivity contribution in [1.29, 1.82) is 0 Å². The number of aliphatic imine (C=N–C) groups is 1. The van der Waals surface area contributed by atoms with Crippen LogP contribution in [-0.4, -0.2) is 49.7 Å². The number of carboxylic acid groups (broad SMARTS) is 1. The van der Waals surface area contributed by atoms with E-state index >= 15 is 0 Å². The number of anilines is 2. The van der Waals surface area contributed by atoms with Gasteiger partial charge >= 0.3 is 18.2 Å². The van der Waals surface area contributed by atoms with E-state index in [-0.39, 0.29) is 30.0 Å². The van der Waals surface area contributed by atoms with Crippen molar-refractivity contribution >= 4 is 41.1 Å². The zero-order chi connectivity index (χ0) is 25.2. The predicted octanol–water partition coefficient (Wildman–Crippen LogP) is 3.18. The summed E-state index contributed by atoms with van der Waals surface area (Å²) in [6.07, 6.45) is -0.124. The Balaban J connectivity index is 1.61. The molecular formula is C21H15F3N6O5. The van der Waals surface area contributed by atoms with E-state index in [0.29, 0.717) is 5.69 Å². The summed E-state index contributed by atoms with van der Waals surface area (Å²) in [5.41, 5.74) is -1.70. The fraction of sp³-hybridized carbons (Fsp3) is 0.143. The molecule has 180 valence electrons. The van der Waals surface area contributed by atoms with Gasteiger partial charge in [0.05, 0.1) is 34.6 Å². The highest BCUT2D eigenvalue weighted by atomic mass is 19.4. The van der Waals surface area contributed by atoms with Crippen LogP contribution in [0, 0.1) is 0 Å². The van der Waals surface area contributed by atoms with Gasteiger partial charge in [-0.25, -0.2) is 19.6 Å². The number of aliphatic carboxylic acids is 1. The normalized spacial score (nSPS) is 14.8. The number of rotatable bonds is 6. The Morgan fingerprint density at radius 2 is 2.00 bits per heavy atom. The summed E-state index contributed by atoms with van der Waals surface area (Å²) in [5.74, 6) is -1.49. The maximum atomic E-state index is 13.8. The Morgan fingerprint density at radius 1 is 1.26 bits per heavy atom. The second kappa shape index (κ2) is 9.24. The molecule has 0 aliphatic carbocycles. The summed E-state index contributed by atoms with van der Waals surface area (Å²) in [4.78, 5) is 46.1. The molecule has 3 aromatic rings. The molecule has 1 aliphatic heterocycles. The van der Waals surface area contributed by atoms with E-state index in [2.05, 4.69) is 25.6 Å². The lowest BCUT2D eigenvalue weighted by molar-refractivity contribution is -0.137. The van der Waals surface area contributed by atoms with Gasteiger partial charge in [0.25, 0.3) is 0 Å². The van der Waals surface area contributed by atoms with E-state index < -0.39 is 41.2 Å². The highest BCUT2D eigenvalue weighted by Crippen LogP contribution is 2.41. The maximum absolute atomic E-state index is 13.8. The molecule has 3 heterocycles. The van der Waals surface area contributed by atoms with Gasteiger partial charge in [0, 0.05) is 24.3 Å². The number of ether oxygens (including phenoxy) is 1. The molecule has 0 saturated heterocycles. The van der Waals surface area contributed by atoms with E-state index in [1.807, 2.05) is 0 Å². The van der Waals surface area contributed by atoms with Crippen molar-refractivity contribution in [2.75, 3.05) is 10.6 Å². The molecule has 14 heteroatoms. The van der Waals surface area contributed by atoms with Gasteiger partial charge in [0.15, 0.2) is 5.71 Å². The Bertz CT molecular complexity index is 1320. The van der Waals surface area contributed by atoms with Crippen LogP contribution in [0.25, 0.3) is 5.69 Å². The van der Waals surface area contributed by atoms with Crippen LogP contribution in [0.15, 0.2) is 54.2 Å². The number of nitrogens with one attached hydrogen (secondary N) is 2. The first kappa shape index (κ1) is 23.4. The standard InChI is InChI=1S/C21H15F3N6O5/c22-21(23,24)13-5-14-15(29-18(19(32)33)16(8-31)28-14)6-17(13)30-7-12(26-10-30)9-35-20(34)27-11-1-3-25-4-2-11/h1-8,10,16,28H,9H2,(H,32,33)(H,25,27,34). The van der Waals surface area contributed by atoms with Gasteiger partial charge in [-0.1, -0.05) is 0 Å². The molecule has 1 unspecified atom stereocenters. The number of carbonyl (C=O) groups excluding carboxylic acids is 2. The van der Waals surface area contributed by atoms with Crippen molar-refractivity contribution < 1.29 is 37.4 Å². The van der Waals surface area contributed by atoms with Crippen LogP contribution in [0.5, 0.6) is 0 Å². The highest BCUT2D eigenvalue weighted by Gasteiger charge is 2.37. The zero-order valence-corrected chi connectivity index (χ0v) is 17.5. The van der Waals surface area contributed by atoms with Gasteiger partial charge in [0.2, 0.25) is 0 Å². The average Bonchev–Trinajstić information content (AvgIpc) is 3.30. The molecule has 1 aromatic carbocycles. The molecule has 35 heavy (non-hydrogen) atoms. The van der Waals surface area contributed by atoms with Crippen molar-refractivity contribution in [1.82, 2.24) is 14.5 Å². The minimum absolute atomic E-state index is 0.105. The predicted molar refractivity (Wildman–Crippen MR) is 115 cm³/mol. The summed E-state index contributed by atoms with van der Waals surface area (Å²) < 4.78 is 47.5. The lowest BCUT2D eigenvalue weighted by Crippen LogP contribution is -2.38. The van der Waals surface area contributed by atoms with Crippen LogP contribution >= 0.6 is 0 Å². The zero-order valence-electron chi connectivity index (χ0n) is 17.5. The highest BCUT2D eigenvalue weighted by molar-refractivity contribution is 6.42. The van der Waals surface area contributed by atoms with Gasteiger partial charge in [-0.05, 0) is 24.3 Å². The van der Waals surface area contributed by atoms with Gasteiger partial charge in [0.1, 0.15) is 18.9 Å². The first-order valence-electron chi connectivity index (χ1n) is 9.81. The molecule has 11 nitrogen and oxygen atoms in total. The minimum Gasteiger partial charge on any atom is -0.477 e. The number of halogens is 3. The second-order valence-corrected chi connectivity index (χ2v) is 7.15. The number of aromatic nitrogens is 3. The number of carboxylic acids is 1. The minimum atomic E-state index is -4.80. The summed E-state index contributed by atoms with van der Waals surface area (Å²) in [6.45, 7) is -0.333. The van der Waals surface area contributed by atoms with Crippen LogP contribution in [0.2, 0.25) is 0 Å². The van der Waals surface area contributed by atoms with Crippen LogP contribution in [0.3, 0.4) is 0 Å². The summed E-state index contributed by atoms with van der Waals surface area (Å²) in [7, 11) is 0. The van der Waals surface area contributed by atoms with Gasteiger partial charge in [-0.3, -0.25) is 10.3 Å². The van der Waals surface area contributed by atoms with Crippen molar-refractivity contribution in [3.05, 3.63) is 60.4 Å². The molecule has 0 spiro atoms. The van der Waals surface area contributed by atoms with Gasteiger partial charge in [-0.2, -0.15) is 13.2 Å². The van der Waals surface area contributed by atoms with Crippen molar-refractivity contribution in [3.63, 3.8) is 0 Å². The largest absolute Gasteiger partial charge is 0.477 e. The second-order valence-electron chi connectivity index (χ2n) is 7.15. The Labute approximate surface area is 194 Å². The summed E-state index contributed by atoms with van der Waals surface area (Å²) in [5, 5.41) is 14.2. The lowest BCUT2D eigenvalue weighted by atomic mass is 10.0.